The molecule has 23 heavy (non-hydrogen) atoms. The molecule has 0 N–H and O–H groups in total. The van der Waals surface area contributed by atoms with Crippen LogP contribution in [-0.4, -0.2) is 30.5 Å². The molecule has 0 aliphatic heterocycles. The Labute approximate surface area is 139 Å². The van der Waals surface area contributed by atoms with Gasteiger partial charge in [0, 0.05) is 17.5 Å². The minimum Gasteiger partial charge on any atom is -0.469 e. The van der Waals surface area contributed by atoms with E-state index < -0.39 is 5.97 Å². The Morgan fingerprint density at radius 1 is 1.26 bits per heavy atom. The number of methoxy groups -OCH3 is 1. The van der Waals surface area contributed by atoms with E-state index in [9.17, 15) is 9.59 Å². The Morgan fingerprint density at radius 2 is 1.96 bits per heavy atom. The number of carbonyl (C=O) groups is 2. The zero-order valence-corrected chi connectivity index (χ0v) is 14.4. The van der Waals surface area contributed by atoms with E-state index in [0.717, 1.165) is 17.7 Å². The van der Waals surface area contributed by atoms with E-state index in [1.807, 2.05) is 43.5 Å². The molecule has 0 aliphatic carbocycles. The van der Waals surface area contributed by atoms with E-state index in [-0.39, 0.29) is 12.3 Å². The summed E-state index contributed by atoms with van der Waals surface area (Å²) < 4.78 is 4.57. The summed E-state index contributed by atoms with van der Waals surface area (Å²) in [6.07, 6.45) is 0.516. The van der Waals surface area contributed by atoms with Crippen molar-refractivity contribution in [2.24, 2.45) is 0 Å². The molecule has 6 heteroatoms. The normalized spacial score (nSPS) is 10.4. The Hall–Kier alpha value is -2.21. The van der Waals surface area contributed by atoms with Crippen LogP contribution < -0.4 is 4.90 Å². The van der Waals surface area contributed by atoms with Crippen LogP contribution in [0.2, 0.25) is 0 Å². The lowest BCUT2D eigenvalue weighted by molar-refractivity contribution is -0.143. The van der Waals surface area contributed by atoms with Crippen LogP contribution in [0.4, 0.5) is 5.13 Å². The van der Waals surface area contributed by atoms with Gasteiger partial charge in [0.05, 0.1) is 12.8 Å². The number of amides is 1. The number of carbonyl (C=O) groups excluding carboxylic acids is 2. The highest BCUT2D eigenvalue weighted by Gasteiger charge is 2.21. The summed E-state index contributed by atoms with van der Waals surface area (Å²) in [5.74, 6) is -0.824. The second-order valence-electron chi connectivity index (χ2n) is 5.18. The van der Waals surface area contributed by atoms with Crippen LogP contribution in [-0.2, 0) is 14.3 Å². The van der Waals surface area contributed by atoms with Gasteiger partial charge in [-0.2, -0.15) is 0 Å². The van der Waals surface area contributed by atoms with Crippen molar-refractivity contribution in [2.45, 2.75) is 26.7 Å². The van der Waals surface area contributed by atoms with Crippen molar-refractivity contribution in [3.05, 3.63) is 35.2 Å². The second kappa shape index (κ2) is 7.87. The molecule has 122 valence electrons. The second-order valence-corrected chi connectivity index (χ2v) is 6.02. The summed E-state index contributed by atoms with van der Waals surface area (Å²) in [4.78, 5) is 29.7. The fourth-order valence-corrected chi connectivity index (χ4v) is 2.96. The van der Waals surface area contributed by atoms with Gasteiger partial charge in [-0.3, -0.25) is 14.5 Å². The van der Waals surface area contributed by atoms with Crippen molar-refractivity contribution in [1.82, 2.24) is 4.98 Å². The monoisotopic (exact) mass is 332 g/mol. The molecule has 5 nitrogen and oxygen atoms in total. The summed E-state index contributed by atoms with van der Waals surface area (Å²) in [5, 5.41) is 2.53. The van der Waals surface area contributed by atoms with Gasteiger partial charge < -0.3 is 4.74 Å². The molecule has 1 heterocycles. The van der Waals surface area contributed by atoms with Gasteiger partial charge in [0.15, 0.2) is 5.13 Å². The summed E-state index contributed by atoms with van der Waals surface area (Å²) in [7, 11) is 1.28. The third-order valence-corrected chi connectivity index (χ3v) is 4.21. The molecule has 0 spiro atoms. The minimum absolute atomic E-state index is 0.268. The molecule has 0 fully saturated rings. The molecule has 1 amide bonds. The number of rotatable bonds is 6. The molecular weight excluding hydrogens is 312 g/mol. The van der Waals surface area contributed by atoms with E-state index in [0.29, 0.717) is 11.7 Å². The minimum atomic E-state index is -0.536. The maximum Gasteiger partial charge on any atom is 0.315 e. The van der Waals surface area contributed by atoms with Crippen molar-refractivity contribution in [1.29, 1.82) is 0 Å². The van der Waals surface area contributed by atoms with E-state index in [1.54, 1.807) is 4.90 Å². The van der Waals surface area contributed by atoms with Crippen LogP contribution in [0.25, 0.3) is 11.3 Å². The van der Waals surface area contributed by atoms with Gasteiger partial charge in [-0.1, -0.05) is 36.8 Å². The SMILES string of the molecule is CCCN(C(=O)CC(=O)OC)c1nc(-c2ccc(C)cc2)cs1. The average molecular weight is 332 g/mol. The Kier molecular flexibility index (Phi) is 5.87. The lowest BCUT2D eigenvalue weighted by Gasteiger charge is -2.18. The molecule has 0 atom stereocenters. The van der Waals surface area contributed by atoms with E-state index in [1.165, 1.54) is 24.0 Å². The third kappa shape index (κ3) is 4.39. The van der Waals surface area contributed by atoms with Crippen LogP contribution >= 0.6 is 11.3 Å². The highest BCUT2D eigenvalue weighted by atomic mass is 32.1. The fourth-order valence-electron chi connectivity index (χ4n) is 2.09. The lowest BCUT2D eigenvalue weighted by atomic mass is 10.1. The van der Waals surface area contributed by atoms with Gasteiger partial charge in [-0.25, -0.2) is 4.98 Å². The first-order valence-electron chi connectivity index (χ1n) is 7.45. The van der Waals surface area contributed by atoms with E-state index in [2.05, 4.69) is 9.72 Å². The molecule has 1 aromatic carbocycles. The molecule has 0 aliphatic rings. The maximum atomic E-state index is 12.3. The van der Waals surface area contributed by atoms with Gasteiger partial charge in [0.25, 0.3) is 0 Å². The number of aryl methyl sites for hydroxylation is 1. The van der Waals surface area contributed by atoms with Crippen LogP contribution in [0.15, 0.2) is 29.6 Å². The number of aromatic nitrogens is 1. The number of ether oxygens (including phenoxy) is 1. The number of esters is 1. The molecular formula is C17H20N2O3S. The van der Waals surface area contributed by atoms with Crippen molar-refractivity contribution in [2.75, 3.05) is 18.6 Å². The number of hydrogen-bond acceptors (Lipinski definition) is 5. The third-order valence-electron chi connectivity index (χ3n) is 3.34. The molecule has 0 saturated carbocycles. The highest BCUT2D eigenvalue weighted by molar-refractivity contribution is 7.14. The van der Waals surface area contributed by atoms with Gasteiger partial charge in [0.1, 0.15) is 6.42 Å². The van der Waals surface area contributed by atoms with Crippen LogP contribution in [0, 0.1) is 6.92 Å². The average Bonchev–Trinajstić information content (AvgIpc) is 3.02. The highest BCUT2D eigenvalue weighted by Crippen LogP contribution is 2.28. The van der Waals surface area contributed by atoms with Crippen molar-refractivity contribution < 1.29 is 14.3 Å². The number of nitrogens with zero attached hydrogens (tertiary/aromatic N) is 2. The maximum absolute atomic E-state index is 12.3. The number of anilines is 1. The molecule has 1 aromatic heterocycles. The topological polar surface area (TPSA) is 59.5 Å². The number of hydrogen-bond donors (Lipinski definition) is 0. The Morgan fingerprint density at radius 3 is 2.57 bits per heavy atom. The van der Waals surface area contributed by atoms with Crippen molar-refractivity contribution in [3.63, 3.8) is 0 Å². The zero-order chi connectivity index (χ0) is 16.8. The predicted molar refractivity (Wildman–Crippen MR) is 91.6 cm³/mol. The van der Waals surface area contributed by atoms with Crippen molar-refractivity contribution in [3.8, 4) is 11.3 Å². The quantitative estimate of drug-likeness (QED) is 0.601. The standard InChI is InChI=1S/C17H20N2O3S/c1-4-9-19(15(20)10-16(21)22-3)17-18-14(11-23-17)13-7-5-12(2)6-8-13/h5-8,11H,4,9-10H2,1-3H3. The van der Waals surface area contributed by atoms with Gasteiger partial charge in [-0.05, 0) is 13.3 Å². The molecule has 0 radical (unpaired) electrons. The summed E-state index contributed by atoms with van der Waals surface area (Å²) in [6.45, 7) is 4.54. The van der Waals surface area contributed by atoms with E-state index >= 15 is 0 Å². The van der Waals surface area contributed by atoms with E-state index in [4.69, 9.17) is 0 Å². The van der Waals surface area contributed by atoms with Gasteiger partial charge >= 0.3 is 5.97 Å². The largest absolute Gasteiger partial charge is 0.469 e. The van der Waals surface area contributed by atoms with Gasteiger partial charge in [-0.15, -0.1) is 11.3 Å². The van der Waals surface area contributed by atoms with Crippen LogP contribution in [0.3, 0.4) is 0 Å². The Balaban J connectivity index is 2.21. The van der Waals surface area contributed by atoms with Crippen LogP contribution in [0.1, 0.15) is 25.3 Å². The first-order chi connectivity index (χ1) is 11.0. The first-order valence-corrected chi connectivity index (χ1v) is 8.33. The van der Waals surface area contributed by atoms with Crippen LogP contribution in [0.5, 0.6) is 0 Å². The van der Waals surface area contributed by atoms with Crippen molar-refractivity contribution >= 4 is 28.3 Å². The molecule has 0 bridgehead atoms. The first kappa shape index (κ1) is 17.1. The lowest BCUT2D eigenvalue weighted by Crippen LogP contribution is -2.33. The molecule has 2 aromatic rings. The zero-order valence-electron chi connectivity index (χ0n) is 13.5. The Bertz CT molecular complexity index is 679. The number of thiazole rings is 1. The summed E-state index contributed by atoms with van der Waals surface area (Å²) in [6, 6.07) is 8.07. The molecule has 0 unspecified atom stereocenters. The molecule has 2 rings (SSSR count). The smallest absolute Gasteiger partial charge is 0.315 e. The molecule has 0 saturated heterocycles. The summed E-state index contributed by atoms with van der Waals surface area (Å²) in [5.41, 5.74) is 3.03. The van der Waals surface area contributed by atoms with Gasteiger partial charge in [0.2, 0.25) is 5.91 Å². The predicted octanol–water partition coefficient (Wildman–Crippen LogP) is 3.42. The fraction of sp³-hybridized carbons (Fsp3) is 0.353. The number of benzene rings is 1. The summed E-state index contributed by atoms with van der Waals surface area (Å²) >= 11 is 1.40.